The minimum absolute atomic E-state index is 0.0919. The first-order valence-electron chi connectivity index (χ1n) is 9.99. The van der Waals surface area contributed by atoms with Gasteiger partial charge in [0.05, 0.1) is 11.8 Å². The summed E-state index contributed by atoms with van der Waals surface area (Å²) in [6.07, 6.45) is 1.41. The standard InChI is InChI=1S/C25H21NO6/c1-14-7-9-19-18(12-22(27)32-23(19)16(14)3)13-31-25(29)17-8-6-15(2)20(11-17)26-24(28)21-5-4-10-30-21/h4-12H,13H2,1-3H3,(H,26,28). The summed E-state index contributed by atoms with van der Waals surface area (Å²) < 4.78 is 15.9. The van der Waals surface area contributed by atoms with Gasteiger partial charge in [0.15, 0.2) is 5.76 Å². The predicted octanol–water partition coefficient (Wildman–Crippen LogP) is 4.92. The number of fused-ring (bicyclic) bond motifs is 1. The van der Waals surface area contributed by atoms with Crippen LogP contribution < -0.4 is 10.9 Å². The number of anilines is 1. The third-order valence-corrected chi connectivity index (χ3v) is 5.34. The summed E-state index contributed by atoms with van der Waals surface area (Å²) in [5.74, 6) is -0.835. The number of hydrogen-bond acceptors (Lipinski definition) is 6. The van der Waals surface area contributed by atoms with E-state index >= 15 is 0 Å². The summed E-state index contributed by atoms with van der Waals surface area (Å²) in [5, 5.41) is 3.45. The average molecular weight is 431 g/mol. The molecule has 0 bridgehead atoms. The lowest BCUT2D eigenvalue weighted by Crippen LogP contribution is -2.13. The molecule has 0 fully saturated rings. The Labute approximate surface area is 183 Å². The molecule has 2 aromatic heterocycles. The molecule has 1 amide bonds. The molecule has 2 aromatic carbocycles. The predicted molar refractivity (Wildman–Crippen MR) is 119 cm³/mol. The number of amides is 1. The van der Waals surface area contributed by atoms with Gasteiger partial charge in [-0.3, -0.25) is 4.79 Å². The molecule has 0 aliphatic carbocycles. The van der Waals surface area contributed by atoms with Gasteiger partial charge in [-0.1, -0.05) is 18.2 Å². The summed E-state index contributed by atoms with van der Waals surface area (Å²) in [6.45, 7) is 5.53. The van der Waals surface area contributed by atoms with Gasteiger partial charge in [-0.25, -0.2) is 9.59 Å². The van der Waals surface area contributed by atoms with Crippen LogP contribution in [0, 0.1) is 20.8 Å². The van der Waals surface area contributed by atoms with Gasteiger partial charge >= 0.3 is 11.6 Å². The van der Waals surface area contributed by atoms with Crippen LogP contribution in [-0.2, 0) is 11.3 Å². The fourth-order valence-electron chi connectivity index (χ4n) is 3.35. The smallest absolute Gasteiger partial charge is 0.338 e. The van der Waals surface area contributed by atoms with Gasteiger partial charge in [-0.2, -0.15) is 0 Å². The van der Waals surface area contributed by atoms with Crippen LogP contribution in [0.4, 0.5) is 5.69 Å². The van der Waals surface area contributed by atoms with E-state index in [1.807, 2.05) is 32.9 Å². The molecule has 2 heterocycles. The molecule has 0 unspecified atom stereocenters. The Hall–Kier alpha value is -4.13. The lowest BCUT2D eigenvalue weighted by molar-refractivity contribution is 0.0473. The van der Waals surface area contributed by atoms with Crippen LogP contribution in [0.25, 0.3) is 11.0 Å². The highest BCUT2D eigenvalue weighted by molar-refractivity contribution is 6.03. The molecule has 0 atom stereocenters. The first-order valence-corrected chi connectivity index (χ1v) is 9.99. The normalized spacial score (nSPS) is 10.8. The van der Waals surface area contributed by atoms with Gasteiger partial charge < -0.3 is 18.9 Å². The highest BCUT2D eigenvalue weighted by Crippen LogP contribution is 2.24. The third-order valence-electron chi connectivity index (χ3n) is 5.34. The zero-order chi connectivity index (χ0) is 22.8. The highest BCUT2D eigenvalue weighted by atomic mass is 16.5. The molecule has 0 saturated carbocycles. The molecule has 4 aromatic rings. The third kappa shape index (κ3) is 4.18. The van der Waals surface area contributed by atoms with Gasteiger partial charge in [0.25, 0.3) is 5.91 Å². The van der Waals surface area contributed by atoms with E-state index in [-0.39, 0.29) is 17.9 Å². The second-order valence-corrected chi connectivity index (χ2v) is 7.51. The van der Waals surface area contributed by atoms with E-state index in [1.165, 1.54) is 12.3 Å². The first kappa shape index (κ1) is 21.1. The number of nitrogens with one attached hydrogen (secondary N) is 1. The molecule has 1 N–H and O–H groups in total. The number of carbonyl (C=O) groups is 2. The largest absolute Gasteiger partial charge is 0.459 e. The van der Waals surface area contributed by atoms with Crippen molar-refractivity contribution in [3.05, 3.63) is 98.8 Å². The monoisotopic (exact) mass is 431 g/mol. The van der Waals surface area contributed by atoms with Crippen LogP contribution in [0.5, 0.6) is 0 Å². The van der Waals surface area contributed by atoms with E-state index in [1.54, 1.807) is 30.3 Å². The Bertz CT molecular complexity index is 1380. The molecule has 7 heteroatoms. The number of furan rings is 1. The van der Waals surface area contributed by atoms with E-state index < -0.39 is 17.5 Å². The van der Waals surface area contributed by atoms with Crippen LogP contribution in [-0.4, -0.2) is 11.9 Å². The Balaban J connectivity index is 1.54. The molecule has 4 rings (SSSR count). The Morgan fingerprint density at radius 1 is 1.00 bits per heavy atom. The van der Waals surface area contributed by atoms with Crippen molar-refractivity contribution in [2.75, 3.05) is 5.32 Å². The number of aryl methyl sites for hydroxylation is 3. The number of benzene rings is 2. The lowest BCUT2D eigenvalue weighted by Gasteiger charge is -2.11. The molecule has 0 saturated heterocycles. The Morgan fingerprint density at radius 2 is 1.78 bits per heavy atom. The number of ether oxygens (including phenoxy) is 1. The maximum absolute atomic E-state index is 12.7. The van der Waals surface area contributed by atoms with Crippen molar-refractivity contribution < 1.29 is 23.2 Å². The van der Waals surface area contributed by atoms with Crippen LogP contribution >= 0.6 is 0 Å². The fourth-order valence-corrected chi connectivity index (χ4v) is 3.35. The second kappa shape index (κ2) is 8.55. The molecule has 32 heavy (non-hydrogen) atoms. The summed E-state index contributed by atoms with van der Waals surface area (Å²) in [4.78, 5) is 37.0. The van der Waals surface area contributed by atoms with E-state index in [2.05, 4.69) is 5.32 Å². The van der Waals surface area contributed by atoms with Crippen molar-refractivity contribution in [3.8, 4) is 0 Å². The van der Waals surface area contributed by atoms with Crippen LogP contribution in [0.1, 0.15) is 43.2 Å². The van der Waals surface area contributed by atoms with Crippen LogP contribution in [0.2, 0.25) is 0 Å². The maximum Gasteiger partial charge on any atom is 0.338 e. The quantitative estimate of drug-likeness (QED) is 0.356. The first-order chi connectivity index (χ1) is 15.3. The zero-order valence-electron chi connectivity index (χ0n) is 17.9. The molecule has 7 nitrogen and oxygen atoms in total. The number of hydrogen-bond donors (Lipinski definition) is 1. The molecule has 0 aliphatic heterocycles. The van der Waals surface area contributed by atoms with Crippen molar-refractivity contribution in [1.82, 2.24) is 0 Å². The summed E-state index contributed by atoms with van der Waals surface area (Å²) in [5.41, 5.74) is 3.92. The van der Waals surface area contributed by atoms with Crippen LogP contribution in [0.15, 0.2) is 68.4 Å². The van der Waals surface area contributed by atoms with E-state index in [0.29, 0.717) is 16.8 Å². The molecule has 0 spiro atoms. The summed E-state index contributed by atoms with van der Waals surface area (Å²) in [6, 6.07) is 13.1. The Morgan fingerprint density at radius 3 is 2.53 bits per heavy atom. The SMILES string of the molecule is Cc1ccc(C(=O)OCc2cc(=O)oc3c(C)c(C)ccc23)cc1NC(=O)c1ccco1. The van der Waals surface area contributed by atoms with Gasteiger partial charge in [0.2, 0.25) is 0 Å². The van der Waals surface area contributed by atoms with E-state index in [9.17, 15) is 14.4 Å². The van der Waals surface area contributed by atoms with Crippen molar-refractivity contribution in [3.63, 3.8) is 0 Å². The summed E-state index contributed by atoms with van der Waals surface area (Å²) in [7, 11) is 0. The highest BCUT2D eigenvalue weighted by Gasteiger charge is 2.15. The van der Waals surface area contributed by atoms with E-state index in [4.69, 9.17) is 13.6 Å². The minimum Gasteiger partial charge on any atom is -0.459 e. The van der Waals surface area contributed by atoms with Crippen molar-refractivity contribution >= 4 is 28.5 Å². The van der Waals surface area contributed by atoms with Gasteiger partial charge in [-0.05, 0) is 61.7 Å². The number of rotatable bonds is 5. The second-order valence-electron chi connectivity index (χ2n) is 7.51. The van der Waals surface area contributed by atoms with Gasteiger partial charge in [-0.15, -0.1) is 0 Å². The maximum atomic E-state index is 12.7. The van der Waals surface area contributed by atoms with Crippen molar-refractivity contribution in [2.45, 2.75) is 27.4 Å². The average Bonchev–Trinajstić information content (AvgIpc) is 3.31. The van der Waals surface area contributed by atoms with E-state index in [0.717, 1.165) is 22.1 Å². The van der Waals surface area contributed by atoms with Crippen molar-refractivity contribution in [1.29, 1.82) is 0 Å². The molecule has 0 aliphatic rings. The Kier molecular flexibility index (Phi) is 5.64. The zero-order valence-corrected chi connectivity index (χ0v) is 17.9. The molecule has 0 radical (unpaired) electrons. The van der Waals surface area contributed by atoms with Gasteiger partial charge in [0.1, 0.15) is 12.2 Å². The number of carbonyl (C=O) groups excluding carboxylic acids is 2. The lowest BCUT2D eigenvalue weighted by atomic mass is 10.0. The molecular weight excluding hydrogens is 410 g/mol. The van der Waals surface area contributed by atoms with Crippen LogP contribution in [0.3, 0.4) is 0 Å². The van der Waals surface area contributed by atoms with Gasteiger partial charge in [0, 0.05) is 22.7 Å². The topological polar surface area (TPSA) is 98.8 Å². The molecule has 162 valence electrons. The molecular formula is C25H21NO6. The fraction of sp³-hybridized carbons (Fsp3) is 0.160. The van der Waals surface area contributed by atoms with Crippen molar-refractivity contribution in [2.24, 2.45) is 0 Å². The number of esters is 1. The summed E-state index contributed by atoms with van der Waals surface area (Å²) >= 11 is 0. The minimum atomic E-state index is -0.580.